The number of aromatic nitrogens is 2. The van der Waals surface area contributed by atoms with Crippen molar-refractivity contribution in [2.45, 2.75) is 24.7 Å². The number of nitrogens with one attached hydrogen (secondary N) is 1. The zero-order valence-corrected chi connectivity index (χ0v) is 13.6. The van der Waals surface area contributed by atoms with E-state index in [0.717, 1.165) is 12.1 Å². The minimum absolute atomic E-state index is 0.0530. The second kappa shape index (κ2) is 6.89. The highest BCUT2D eigenvalue weighted by atomic mass is 19.4. The number of anilines is 1. The van der Waals surface area contributed by atoms with Gasteiger partial charge in [0.25, 0.3) is 0 Å². The first kappa shape index (κ1) is 18.1. The first-order valence-corrected chi connectivity index (χ1v) is 7.97. The van der Waals surface area contributed by atoms with Crippen molar-refractivity contribution < 1.29 is 22.4 Å². The van der Waals surface area contributed by atoms with Crippen LogP contribution in [0.3, 0.4) is 0 Å². The SMILES string of the molecule is O=C(Nc1ccc(C(F)(F)F)cc1)N1CCC(F)(c2ncccn2)CC1. The Balaban J connectivity index is 1.59. The molecule has 0 spiro atoms. The number of hydrogen-bond donors (Lipinski definition) is 1. The largest absolute Gasteiger partial charge is 0.416 e. The van der Waals surface area contributed by atoms with Gasteiger partial charge in [-0.25, -0.2) is 19.2 Å². The van der Waals surface area contributed by atoms with Gasteiger partial charge < -0.3 is 10.2 Å². The van der Waals surface area contributed by atoms with Gasteiger partial charge in [0.1, 0.15) is 0 Å². The molecule has 2 amide bonds. The number of carbonyl (C=O) groups excluding carboxylic acids is 1. The Morgan fingerprint density at radius 1 is 1.08 bits per heavy atom. The monoisotopic (exact) mass is 368 g/mol. The van der Waals surface area contributed by atoms with E-state index in [0.29, 0.717) is 0 Å². The highest BCUT2D eigenvalue weighted by Gasteiger charge is 2.40. The van der Waals surface area contributed by atoms with Crippen molar-refractivity contribution in [3.63, 3.8) is 0 Å². The fourth-order valence-electron chi connectivity index (χ4n) is 2.76. The van der Waals surface area contributed by atoms with Crippen molar-refractivity contribution >= 4 is 11.7 Å². The molecular formula is C17H16F4N4O. The van der Waals surface area contributed by atoms with Crippen molar-refractivity contribution in [3.8, 4) is 0 Å². The first-order valence-electron chi connectivity index (χ1n) is 7.97. The molecule has 1 fully saturated rings. The van der Waals surface area contributed by atoms with Crippen LogP contribution in [0.1, 0.15) is 24.2 Å². The molecule has 2 aromatic rings. The maximum atomic E-state index is 14.9. The summed E-state index contributed by atoms with van der Waals surface area (Å²) in [5.74, 6) is 0.0998. The van der Waals surface area contributed by atoms with Gasteiger partial charge in [0.05, 0.1) is 5.56 Å². The van der Waals surface area contributed by atoms with Gasteiger partial charge in [-0.2, -0.15) is 13.2 Å². The Morgan fingerprint density at radius 2 is 1.65 bits per heavy atom. The van der Waals surface area contributed by atoms with E-state index in [-0.39, 0.29) is 37.4 Å². The third-order valence-corrected chi connectivity index (χ3v) is 4.27. The summed E-state index contributed by atoms with van der Waals surface area (Å²) in [6, 6.07) is 5.26. The van der Waals surface area contributed by atoms with Gasteiger partial charge in [-0.05, 0) is 30.3 Å². The number of amides is 2. The fourth-order valence-corrected chi connectivity index (χ4v) is 2.76. The molecule has 26 heavy (non-hydrogen) atoms. The van der Waals surface area contributed by atoms with Crippen LogP contribution in [0.15, 0.2) is 42.7 Å². The summed E-state index contributed by atoms with van der Waals surface area (Å²) in [4.78, 5) is 21.5. The van der Waals surface area contributed by atoms with Gasteiger partial charge in [0.15, 0.2) is 11.5 Å². The lowest BCUT2D eigenvalue weighted by Gasteiger charge is -2.35. The second-order valence-corrected chi connectivity index (χ2v) is 6.03. The molecule has 138 valence electrons. The highest BCUT2D eigenvalue weighted by molar-refractivity contribution is 5.89. The molecule has 1 aromatic carbocycles. The second-order valence-electron chi connectivity index (χ2n) is 6.03. The lowest BCUT2D eigenvalue weighted by atomic mass is 9.92. The average molecular weight is 368 g/mol. The molecule has 0 radical (unpaired) electrons. The van der Waals surface area contributed by atoms with E-state index in [2.05, 4.69) is 15.3 Å². The van der Waals surface area contributed by atoms with Gasteiger partial charge in [0, 0.05) is 44.0 Å². The summed E-state index contributed by atoms with van der Waals surface area (Å²) in [6.07, 6.45) is -1.39. The molecular weight excluding hydrogens is 352 g/mol. The van der Waals surface area contributed by atoms with Crippen LogP contribution < -0.4 is 5.32 Å². The minimum atomic E-state index is -4.43. The zero-order chi connectivity index (χ0) is 18.8. The number of hydrogen-bond acceptors (Lipinski definition) is 3. The third-order valence-electron chi connectivity index (χ3n) is 4.27. The molecule has 0 bridgehead atoms. The Kier molecular flexibility index (Phi) is 4.80. The molecule has 3 rings (SSSR count). The van der Waals surface area contributed by atoms with E-state index in [1.807, 2.05) is 0 Å². The van der Waals surface area contributed by atoms with Crippen LogP contribution in [0.25, 0.3) is 0 Å². The van der Waals surface area contributed by atoms with Crippen LogP contribution in [-0.4, -0.2) is 34.0 Å². The minimum Gasteiger partial charge on any atom is -0.324 e. The number of urea groups is 1. The van der Waals surface area contributed by atoms with Gasteiger partial charge in [-0.3, -0.25) is 0 Å². The Labute approximate surface area is 147 Å². The van der Waals surface area contributed by atoms with E-state index in [4.69, 9.17) is 0 Å². The first-order chi connectivity index (χ1) is 12.3. The van der Waals surface area contributed by atoms with Crippen LogP contribution >= 0.6 is 0 Å². The Bertz CT molecular complexity index is 757. The van der Waals surface area contributed by atoms with Crippen molar-refractivity contribution in [3.05, 3.63) is 54.1 Å². The molecule has 1 aliphatic rings. The average Bonchev–Trinajstić information content (AvgIpc) is 2.63. The molecule has 2 heterocycles. The summed E-state index contributed by atoms with van der Waals surface area (Å²) < 4.78 is 52.6. The number of halogens is 4. The number of carbonyl (C=O) groups is 1. The fraction of sp³-hybridized carbons (Fsp3) is 0.353. The van der Waals surface area contributed by atoms with Gasteiger partial charge in [0.2, 0.25) is 0 Å². The summed E-state index contributed by atoms with van der Waals surface area (Å²) in [7, 11) is 0. The zero-order valence-electron chi connectivity index (χ0n) is 13.6. The molecule has 1 N–H and O–H groups in total. The number of nitrogens with zero attached hydrogens (tertiary/aromatic N) is 3. The highest BCUT2D eigenvalue weighted by Crippen LogP contribution is 2.35. The molecule has 0 atom stereocenters. The lowest BCUT2D eigenvalue weighted by molar-refractivity contribution is -0.137. The molecule has 9 heteroatoms. The number of rotatable bonds is 2. The molecule has 0 saturated carbocycles. The van der Waals surface area contributed by atoms with E-state index in [9.17, 15) is 22.4 Å². The van der Waals surface area contributed by atoms with Gasteiger partial charge in [-0.1, -0.05) is 0 Å². The molecule has 1 saturated heterocycles. The maximum absolute atomic E-state index is 14.9. The van der Waals surface area contributed by atoms with E-state index < -0.39 is 23.4 Å². The van der Waals surface area contributed by atoms with Crippen molar-refractivity contribution in [1.82, 2.24) is 14.9 Å². The van der Waals surface area contributed by atoms with Gasteiger partial charge in [-0.15, -0.1) is 0 Å². The smallest absolute Gasteiger partial charge is 0.324 e. The Morgan fingerprint density at radius 3 is 2.19 bits per heavy atom. The summed E-state index contributed by atoms with van der Waals surface area (Å²) in [6.45, 7) is 0.308. The van der Waals surface area contributed by atoms with Crippen LogP contribution in [-0.2, 0) is 11.8 Å². The predicted octanol–water partition coefficient (Wildman–Crippen LogP) is 3.99. The van der Waals surface area contributed by atoms with Crippen molar-refractivity contribution in [2.75, 3.05) is 18.4 Å². The molecule has 0 aliphatic carbocycles. The van der Waals surface area contributed by atoms with E-state index in [1.54, 1.807) is 6.07 Å². The van der Waals surface area contributed by atoms with Crippen LogP contribution in [0, 0.1) is 0 Å². The summed E-state index contributed by atoms with van der Waals surface area (Å²) in [5.41, 5.74) is -2.24. The molecule has 1 aromatic heterocycles. The standard InChI is InChI=1S/C17H16F4N4O/c18-16(14-22-8-1-9-23-14)6-10-25(11-7-16)15(26)24-13-4-2-12(3-5-13)17(19,20)21/h1-5,8-9H,6-7,10-11H2,(H,24,26). The topological polar surface area (TPSA) is 58.1 Å². The predicted molar refractivity (Wildman–Crippen MR) is 86.1 cm³/mol. The summed E-state index contributed by atoms with van der Waals surface area (Å²) in [5, 5.41) is 2.52. The maximum Gasteiger partial charge on any atom is 0.416 e. The quantitative estimate of drug-likeness (QED) is 0.816. The van der Waals surface area contributed by atoms with Crippen LogP contribution in [0.2, 0.25) is 0 Å². The molecule has 0 unspecified atom stereocenters. The third kappa shape index (κ3) is 3.92. The van der Waals surface area contributed by atoms with Crippen molar-refractivity contribution in [2.24, 2.45) is 0 Å². The molecule has 5 nitrogen and oxygen atoms in total. The number of piperidine rings is 1. The van der Waals surface area contributed by atoms with E-state index in [1.165, 1.54) is 29.4 Å². The molecule has 1 aliphatic heterocycles. The van der Waals surface area contributed by atoms with E-state index >= 15 is 0 Å². The van der Waals surface area contributed by atoms with Crippen molar-refractivity contribution in [1.29, 1.82) is 0 Å². The Hall–Kier alpha value is -2.71. The van der Waals surface area contributed by atoms with Gasteiger partial charge >= 0.3 is 12.2 Å². The van der Waals surface area contributed by atoms with Crippen LogP contribution in [0.5, 0.6) is 0 Å². The number of alkyl halides is 4. The number of likely N-dealkylation sites (tertiary alicyclic amines) is 1. The van der Waals surface area contributed by atoms with Crippen LogP contribution in [0.4, 0.5) is 28.0 Å². The number of benzene rings is 1. The lowest BCUT2D eigenvalue weighted by Crippen LogP contribution is -2.45. The normalized spacial score (nSPS) is 17.0. The summed E-state index contributed by atoms with van der Waals surface area (Å²) >= 11 is 0.